The molecule has 0 saturated carbocycles. The maximum absolute atomic E-state index is 12.4. The van der Waals surface area contributed by atoms with E-state index in [4.69, 9.17) is 10.8 Å². The van der Waals surface area contributed by atoms with Crippen molar-refractivity contribution in [2.45, 2.75) is 6.04 Å². The Hall–Kier alpha value is -3.47. The van der Waals surface area contributed by atoms with Crippen LogP contribution in [0.1, 0.15) is 21.5 Å². The van der Waals surface area contributed by atoms with Crippen LogP contribution in [0.5, 0.6) is 0 Å². The van der Waals surface area contributed by atoms with E-state index in [9.17, 15) is 14.4 Å². The molecule has 0 aliphatic rings. The number of nitrogens with one attached hydrogen (secondary N) is 2. The van der Waals surface area contributed by atoms with E-state index >= 15 is 0 Å². The second kappa shape index (κ2) is 10.6. The summed E-state index contributed by atoms with van der Waals surface area (Å²) in [6.07, 6.45) is 0. The number of hydrogen-bond donors (Lipinski definition) is 4. The Bertz CT molecular complexity index is 883. The summed E-state index contributed by atoms with van der Waals surface area (Å²) in [4.78, 5) is 35.4. The Morgan fingerprint density at radius 1 is 0.964 bits per heavy atom. The highest BCUT2D eigenvalue weighted by Crippen LogP contribution is 2.05. The lowest BCUT2D eigenvalue weighted by atomic mass is 10.1. The molecular weight excluding hydrogens is 358 g/mol. The molecule has 0 fully saturated rings. The summed E-state index contributed by atoms with van der Waals surface area (Å²) in [7, 11) is 0. The summed E-state index contributed by atoms with van der Waals surface area (Å²) < 4.78 is 0. The van der Waals surface area contributed by atoms with Gasteiger partial charge in [0.1, 0.15) is 12.6 Å². The Morgan fingerprint density at radius 2 is 1.57 bits per heavy atom. The molecule has 0 spiro atoms. The summed E-state index contributed by atoms with van der Waals surface area (Å²) in [5.74, 6) is 4.45. The highest BCUT2D eigenvalue weighted by molar-refractivity contribution is 5.98. The van der Waals surface area contributed by atoms with E-state index < -0.39 is 30.2 Å². The van der Waals surface area contributed by atoms with Crippen molar-refractivity contribution in [2.75, 3.05) is 19.7 Å². The summed E-state index contributed by atoms with van der Waals surface area (Å²) in [6.45, 7) is -1.14. The number of aliphatic hydroxyl groups is 1. The first-order valence-electron chi connectivity index (χ1n) is 8.62. The lowest BCUT2D eigenvalue weighted by Crippen LogP contribution is -2.50. The summed E-state index contributed by atoms with van der Waals surface area (Å²) >= 11 is 0. The molecule has 0 aliphatic carbocycles. The predicted molar refractivity (Wildman–Crippen MR) is 104 cm³/mol. The zero-order valence-corrected chi connectivity index (χ0v) is 15.1. The van der Waals surface area contributed by atoms with Gasteiger partial charge in [-0.25, -0.2) is 0 Å². The van der Waals surface area contributed by atoms with Gasteiger partial charge in [0.2, 0.25) is 5.91 Å². The Kier molecular flexibility index (Phi) is 7.91. The van der Waals surface area contributed by atoms with E-state index in [1.165, 1.54) is 0 Å². The van der Waals surface area contributed by atoms with Gasteiger partial charge in [-0.3, -0.25) is 14.4 Å². The lowest BCUT2D eigenvalue weighted by molar-refractivity contribution is -0.124. The molecule has 0 radical (unpaired) electrons. The first-order valence-corrected chi connectivity index (χ1v) is 8.62. The van der Waals surface area contributed by atoms with Crippen LogP contribution in [0.4, 0.5) is 0 Å². The van der Waals surface area contributed by atoms with E-state index in [2.05, 4.69) is 22.5 Å². The van der Waals surface area contributed by atoms with Gasteiger partial charge < -0.3 is 21.5 Å². The molecule has 2 aromatic rings. The molecule has 2 rings (SSSR count). The highest BCUT2D eigenvalue weighted by Gasteiger charge is 2.21. The van der Waals surface area contributed by atoms with Gasteiger partial charge in [-0.05, 0) is 36.4 Å². The van der Waals surface area contributed by atoms with E-state index in [1.54, 1.807) is 24.3 Å². The maximum Gasteiger partial charge on any atom is 0.251 e. The molecule has 2 amide bonds. The average Bonchev–Trinajstić information content (AvgIpc) is 2.75. The van der Waals surface area contributed by atoms with Crippen molar-refractivity contribution in [3.63, 3.8) is 0 Å². The van der Waals surface area contributed by atoms with Gasteiger partial charge in [0.15, 0.2) is 5.78 Å². The Labute approximate surface area is 162 Å². The molecular formula is C21H21N3O4. The van der Waals surface area contributed by atoms with Gasteiger partial charge in [0.05, 0.1) is 6.54 Å². The molecule has 5 N–H and O–H groups in total. The third-order valence-electron chi connectivity index (χ3n) is 3.81. The standard InChI is InChI=1S/C21H21N3O4/c22-12-20(27)23-13-18(19(26)14-25)24-21(28)17-10-8-16(9-11-17)7-6-15-4-2-1-3-5-15/h1-5,8-11,18,25H,12-14,22H2,(H,23,27)(H,24,28)/t18-/m0/s1. The van der Waals surface area contributed by atoms with E-state index in [0.29, 0.717) is 5.56 Å². The van der Waals surface area contributed by atoms with Crippen molar-refractivity contribution in [3.8, 4) is 11.8 Å². The number of rotatable bonds is 7. The fourth-order valence-corrected chi connectivity index (χ4v) is 2.26. The Morgan fingerprint density at radius 3 is 2.14 bits per heavy atom. The molecule has 144 valence electrons. The van der Waals surface area contributed by atoms with E-state index in [0.717, 1.165) is 11.1 Å². The van der Waals surface area contributed by atoms with Gasteiger partial charge in [0.25, 0.3) is 5.91 Å². The Balaban J connectivity index is 2.03. The molecule has 2 aromatic carbocycles. The van der Waals surface area contributed by atoms with Crippen LogP contribution in [0.3, 0.4) is 0 Å². The number of hydrogen-bond acceptors (Lipinski definition) is 5. The van der Waals surface area contributed by atoms with Crippen LogP contribution in [-0.4, -0.2) is 48.4 Å². The van der Waals surface area contributed by atoms with Crippen LogP contribution in [0.15, 0.2) is 54.6 Å². The van der Waals surface area contributed by atoms with Gasteiger partial charge >= 0.3 is 0 Å². The van der Waals surface area contributed by atoms with Crippen molar-refractivity contribution < 1.29 is 19.5 Å². The first kappa shape index (κ1) is 20.8. The van der Waals surface area contributed by atoms with Gasteiger partial charge in [-0.2, -0.15) is 0 Å². The lowest BCUT2D eigenvalue weighted by Gasteiger charge is -2.17. The number of aliphatic hydroxyl groups excluding tert-OH is 1. The minimum atomic E-state index is -1.05. The molecule has 28 heavy (non-hydrogen) atoms. The fraction of sp³-hybridized carbons (Fsp3) is 0.190. The van der Waals surface area contributed by atoms with Crippen LogP contribution >= 0.6 is 0 Å². The zero-order chi connectivity index (χ0) is 20.4. The number of carbonyl (C=O) groups excluding carboxylic acids is 3. The maximum atomic E-state index is 12.4. The van der Waals surface area contributed by atoms with Crippen molar-refractivity contribution in [2.24, 2.45) is 5.73 Å². The predicted octanol–water partition coefficient (Wildman–Crippen LogP) is -0.179. The molecule has 1 atom stereocenters. The zero-order valence-electron chi connectivity index (χ0n) is 15.1. The van der Waals surface area contributed by atoms with Gasteiger partial charge in [0, 0.05) is 23.2 Å². The molecule has 0 saturated heterocycles. The van der Waals surface area contributed by atoms with Crippen LogP contribution in [0, 0.1) is 11.8 Å². The molecule has 0 heterocycles. The van der Waals surface area contributed by atoms with Crippen molar-refractivity contribution >= 4 is 17.6 Å². The van der Waals surface area contributed by atoms with Crippen LogP contribution in [-0.2, 0) is 9.59 Å². The molecule has 0 bridgehead atoms. The molecule has 0 aliphatic heterocycles. The normalized spacial score (nSPS) is 10.9. The smallest absolute Gasteiger partial charge is 0.251 e. The second-order valence-corrected chi connectivity index (χ2v) is 5.85. The fourth-order valence-electron chi connectivity index (χ4n) is 2.26. The highest BCUT2D eigenvalue weighted by atomic mass is 16.3. The van der Waals surface area contributed by atoms with Crippen molar-refractivity contribution in [3.05, 3.63) is 71.3 Å². The number of carbonyl (C=O) groups is 3. The van der Waals surface area contributed by atoms with Crippen LogP contribution < -0.4 is 16.4 Å². The minimum absolute atomic E-state index is 0.151. The number of ketones is 1. The number of amides is 2. The van der Waals surface area contributed by atoms with Gasteiger partial charge in [-0.1, -0.05) is 30.0 Å². The van der Waals surface area contributed by atoms with E-state index in [-0.39, 0.29) is 13.1 Å². The van der Waals surface area contributed by atoms with Gasteiger partial charge in [-0.15, -0.1) is 0 Å². The molecule has 7 heteroatoms. The first-order chi connectivity index (χ1) is 13.5. The van der Waals surface area contributed by atoms with Crippen LogP contribution in [0.2, 0.25) is 0 Å². The summed E-state index contributed by atoms with van der Waals surface area (Å²) in [5.41, 5.74) is 7.13. The summed E-state index contributed by atoms with van der Waals surface area (Å²) in [6, 6.07) is 15.0. The quantitative estimate of drug-likeness (QED) is 0.497. The number of Topliss-reactive ketones (excluding diaryl/α,β-unsaturated/α-hetero) is 1. The molecule has 0 unspecified atom stereocenters. The minimum Gasteiger partial charge on any atom is -0.388 e. The average molecular weight is 379 g/mol. The second-order valence-electron chi connectivity index (χ2n) is 5.85. The topological polar surface area (TPSA) is 122 Å². The monoisotopic (exact) mass is 379 g/mol. The third-order valence-corrected chi connectivity index (χ3v) is 3.81. The SMILES string of the molecule is NCC(=O)NC[C@H](NC(=O)c1ccc(C#Cc2ccccc2)cc1)C(=O)CO. The summed E-state index contributed by atoms with van der Waals surface area (Å²) in [5, 5.41) is 14.0. The molecule has 7 nitrogen and oxygen atoms in total. The number of nitrogens with two attached hydrogens (primary N) is 1. The van der Waals surface area contributed by atoms with Crippen LogP contribution in [0.25, 0.3) is 0 Å². The van der Waals surface area contributed by atoms with Crippen molar-refractivity contribution in [1.29, 1.82) is 0 Å². The molecule has 0 aromatic heterocycles. The van der Waals surface area contributed by atoms with Crippen molar-refractivity contribution in [1.82, 2.24) is 10.6 Å². The largest absolute Gasteiger partial charge is 0.388 e. The third kappa shape index (κ3) is 6.36. The van der Waals surface area contributed by atoms with E-state index in [1.807, 2.05) is 30.3 Å². The number of benzene rings is 2.